The van der Waals surface area contributed by atoms with Gasteiger partial charge in [-0.2, -0.15) is 0 Å². The van der Waals surface area contributed by atoms with Gasteiger partial charge in [0.1, 0.15) is 5.92 Å². The molecule has 1 aliphatic heterocycles. The van der Waals surface area contributed by atoms with Gasteiger partial charge in [-0.15, -0.1) is 0 Å². The molecule has 1 saturated heterocycles. The lowest BCUT2D eigenvalue weighted by molar-refractivity contribution is -0.384. The third-order valence-corrected chi connectivity index (χ3v) is 2.83. The van der Waals surface area contributed by atoms with Crippen LogP contribution in [0.15, 0.2) is 24.3 Å². The van der Waals surface area contributed by atoms with Gasteiger partial charge in [0.15, 0.2) is 0 Å². The Hall–Kier alpha value is -2.15. The normalized spacial score (nSPS) is 22.7. The summed E-state index contributed by atoms with van der Waals surface area (Å²) in [4.78, 5) is 20.9. The van der Waals surface area contributed by atoms with E-state index in [-0.39, 0.29) is 18.3 Å². The molecule has 7 heteroatoms. The average molecular weight is 252 g/mol. The molecule has 0 aromatic heterocycles. The van der Waals surface area contributed by atoms with Gasteiger partial charge in [-0.1, -0.05) is 0 Å². The third kappa shape index (κ3) is 2.57. The Balaban J connectivity index is 2.05. The van der Waals surface area contributed by atoms with E-state index in [4.69, 9.17) is 9.84 Å². The standard InChI is InChI=1S/C11H12N2O5/c14-11(15)9-5-18-6-10(9)12-7-1-3-8(4-2-7)13(16)17/h1-4,9-10,12H,5-6H2,(H,14,15). The van der Waals surface area contributed by atoms with Crippen LogP contribution in [0.1, 0.15) is 0 Å². The van der Waals surface area contributed by atoms with Gasteiger partial charge < -0.3 is 15.2 Å². The van der Waals surface area contributed by atoms with E-state index < -0.39 is 16.8 Å². The number of carboxylic acids is 1. The minimum absolute atomic E-state index is 0.00185. The molecule has 2 atom stereocenters. The number of nitro groups is 1. The highest BCUT2D eigenvalue weighted by atomic mass is 16.6. The molecule has 1 heterocycles. The number of benzene rings is 1. The largest absolute Gasteiger partial charge is 0.481 e. The number of anilines is 1. The van der Waals surface area contributed by atoms with E-state index in [2.05, 4.69) is 5.32 Å². The lowest BCUT2D eigenvalue weighted by Gasteiger charge is -2.16. The number of non-ortho nitro benzene ring substituents is 1. The van der Waals surface area contributed by atoms with Gasteiger partial charge in [0.25, 0.3) is 5.69 Å². The van der Waals surface area contributed by atoms with Crippen LogP contribution >= 0.6 is 0 Å². The van der Waals surface area contributed by atoms with E-state index in [9.17, 15) is 14.9 Å². The van der Waals surface area contributed by atoms with E-state index >= 15 is 0 Å². The van der Waals surface area contributed by atoms with Crippen LogP contribution in [0, 0.1) is 16.0 Å². The number of rotatable bonds is 4. The van der Waals surface area contributed by atoms with Crippen molar-refractivity contribution < 1.29 is 19.6 Å². The Kier molecular flexibility index (Phi) is 3.42. The van der Waals surface area contributed by atoms with Crippen LogP contribution in [0.4, 0.5) is 11.4 Å². The lowest BCUT2D eigenvalue weighted by Crippen LogP contribution is -2.33. The second-order valence-electron chi connectivity index (χ2n) is 4.04. The van der Waals surface area contributed by atoms with E-state index in [0.29, 0.717) is 12.3 Å². The quantitative estimate of drug-likeness (QED) is 0.614. The van der Waals surface area contributed by atoms with Gasteiger partial charge in [-0.3, -0.25) is 14.9 Å². The number of carboxylic acid groups (broad SMARTS) is 1. The number of nitro benzene ring substituents is 1. The topological polar surface area (TPSA) is 102 Å². The van der Waals surface area contributed by atoms with Gasteiger partial charge in [0, 0.05) is 17.8 Å². The summed E-state index contributed by atoms with van der Waals surface area (Å²) >= 11 is 0. The number of hydrogen-bond acceptors (Lipinski definition) is 5. The number of ether oxygens (including phenoxy) is 1. The zero-order valence-electron chi connectivity index (χ0n) is 9.41. The van der Waals surface area contributed by atoms with Crippen LogP contribution in [0.2, 0.25) is 0 Å². The number of nitrogens with one attached hydrogen (secondary N) is 1. The van der Waals surface area contributed by atoms with E-state index in [1.807, 2.05) is 0 Å². The fourth-order valence-corrected chi connectivity index (χ4v) is 1.83. The number of nitrogens with zero attached hydrogens (tertiary/aromatic N) is 1. The van der Waals surface area contributed by atoms with Crippen LogP contribution in [-0.2, 0) is 9.53 Å². The van der Waals surface area contributed by atoms with Crippen molar-refractivity contribution in [2.24, 2.45) is 5.92 Å². The van der Waals surface area contributed by atoms with Crippen LogP contribution in [0.5, 0.6) is 0 Å². The molecule has 2 rings (SSSR count). The van der Waals surface area contributed by atoms with Crippen LogP contribution in [0.3, 0.4) is 0 Å². The van der Waals surface area contributed by atoms with E-state index in [0.717, 1.165) is 0 Å². The predicted octanol–water partition coefficient (Wildman–Crippen LogP) is 1.11. The summed E-state index contributed by atoms with van der Waals surface area (Å²) in [5.41, 5.74) is 0.639. The van der Waals surface area contributed by atoms with Crippen molar-refractivity contribution in [1.82, 2.24) is 0 Å². The van der Waals surface area contributed by atoms with Crippen molar-refractivity contribution in [3.63, 3.8) is 0 Å². The summed E-state index contributed by atoms with van der Waals surface area (Å²) in [5, 5.41) is 22.5. The summed E-state index contributed by atoms with van der Waals surface area (Å²) in [5.74, 6) is -1.51. The molecular formula is C11H12N2O5. The molecule has 2 unspecified atom stereocenters. The zero-order valence-corrected chi connectivity index (χ0v) is 9.41. The Bertz CT molecular complexity index is 459. The Morgan fingerprint density at radius 2 is 2.06 bits per heavy atom. The minimum atomic E-state index is -0.910. The van der Waals surface area contributed by atoms with Crippen molar-refractivity contribution in [2.45, 2.75) is 6.04 Å². The van der Waals surface area contributed by atoms with E-state index in [1.165, 1.54) is 12.1 Å². The molecule has 18 heavy (non-hydrogen) atoms. The maximum absolute atomic E-state index is 10.9. The van der Waals surface area contributed by atoms with Gasteiger partial charge in [0.2, 0.25) is 0 Å². The van der Waals surface area contributed by atoms with Gasteiger partial charge in [-0.25, -0.2) is 0 Å². The molecule has 7 nitrogen and oxygen atoms in total. The van der Waals surface area contributed by atoms with Crippen molar-refractivity contribution in [3.05, 3.63) is 34.4 Å². The smallest absolute Gasteiger partial charge is 0.311 e. The second-order valence-corrected chi connectivity index (χ2v) is 4.04. The summed E-state index contributed by atoms with van der Waals surface area (Å²) in [6.07, 6.45) is 0. The van der Waals surface area contributed by atoms with E-state index in [1.54, 1.807) is 12.1 Å². The first kappa shape index (κ1) is 12.3. The summed E-state index contributed by atoms with van der Waals surface area (Å²) < 4.78 is 5.11. The highest BCUT2D eigenvalue weighted by Crippen LogP contribution is 2.21. The molecule has 96 valence electrons. The zero-order chi connectivity index (χ0) is 13.1. The SMILES string of the molecule is O=C(O)C1COCC1Nc1ccc([N+](=O)[O-])cc1. The number of aliphatic carboxylic acids is 1. The maximum atomic E-state index is 10.9. The molecule has 1 aromatic rings. The molecular weight excluding hydrogens is 240 g/mol. The second kappa shape index (κ2) is 5.01. The van der Waals surface area contributed by atoms with Crippen LogP contribution < -0.4 is 5.32 Å². The highest BCUT2D eigenvalue weighted by Gasteiger charge is 2.33. The molecule has 1 fully saturated rings. The molecule has 2 N–H and O–H groups in total. The molecule has 0 radical (unpaired) electrons. The van der Waals surface area contributed by atoms with Crippen molar-refractivity contribution >= 4 is 17.3 Å². The monoisotopic (exact) mass is 252 g/mol. The lowest BCUT2D eigenvalue weighted by atomic mass is 10.0. The number of carbonyl (C=O) groups is 1. The Labute approximate surface area is 103 Å². The first-order chi connectivity index (χ1) is 8.58. The maximum Gasteiger partial charge on any atom is 0.311 e. The Morgan fingerprint density at radius 3 is 2.61 bits per heavy atom. The molecule has 0 aliphatic carbocycles. The summed E-state index contributed by atoms with van der Waals surface area (Å²) in [6, 6.07) is 5.52. The Morgan fingerprint density at radius 1 is 1.39 bits per heavy atom. The first-order valence-electron chi connectivity index (χ1n) is 5.39. The van der Waals surface area contributed by atoms with Crippen LogP contribution in [0.25, 0.3) is 0 Å². The van der Waals surface area contributed by atoms with Crippen molar-refractivity contribution in [3.8, 4) is 0 Å². The predicted molar refractivity (Wildman–Crippen MR) is 62.5 cm³/mol. The fraction of sp³-hybridized carbons (Fsp3) is 0.364. The third-order valence-electron chi connectivity index (χ3n) is 2.83. The summed E-state index contributed by atoms with van der Waals surface area (Å²) in [7, 11) is 0. The number of hydrogen-bond donors (Lipinski definition) is 2. The highest BCUT2D eigenvalue weighted by molar-refractivity contribution is 5.72. The molecule has 1 aliphatic rings. The molecule has 0 amide bonds. The van der Waals surface area contributed by atoms with Crippen molar-refractivity contribution in [2.75, 3.05) is 18.5 Å². The molecule has 1 aromatic carbocycles. The molecule has 0 saturated carbocycles. The van der Waals surface area contributed by atoms with Gasteiger partial charge in [-0.05, 0) is 12.1 Å². The van der Waals surface area contributed by atoms with Crippen molar-refractivity contribution in [1.29, 1.82) is 0 Å². The first-order valence-corrected chi connectivity index (χ1v) is 5.39. The minimum Gasteiger partial charge on any atom is -0.481 e. The molecule has 0 bridgehead atoms. The molecule has 0 spiro atoms. The average Bonchev–Trinajstić information content (AvgIpc) is 2.78. The fourth-order valence-electron chi connectivity index (χ4n) is 1.83. The van der Waals surface area contributed by atoms with Gasteiger partial charge >= 0.3 is 5.97 Å². The van der Waals surface area contributed by atoms with Gasteiger partial charge in [0.05, 0.1) is 24.2 Å². The van der Waals surface area contributed by atoms with Crippen LogP contribution in [-0.4, -0.2) is 35.3 Å². The summed E-state index contributed by atoms with van der Waals surface area (Å²) in [6.45, 7) is 0.494.